The Bertz CT molecular complexity index is 746. The Kier molecular flexibility index (Phi) is 10.3. The number of nitrogens with one attached hydrogen (secondary N) is 2. The van der Waals surface area contributed by atoms with E-state index in [0.717, 1.165) is 51.2 Å². The Balaban J connectivity index is 0.00000341. The fourth-order valence-corrected chi connectivity index (χ4v) is 4.64. The van der Waals surface area contributed by atoms with Crippen LogP contribution in [0.15, 0.2) is 23.2 Å². The van der Waals surface area contributed by atoms with Crippen LogP contribution in [-0.4, -0.2) is 48.5 Å². The highest BCUT2D eigenvalue weighted by Gasteiger charge is 2.42. The van der Waals surface area contributed by atoms with Crippen molar-refractivity contribution in [1.29, 1.82) is 0 Å². The van der Waals surface area contributed by atoms with Gasteiger partial charge in [-0.15, -0.1) is 24.0 Å². The normalized spacial score (nSPS) is 21.6. The molecule has 1 aromatic carbocycles. The van der Waals surface area contributed by atoms with Crippen molar-refractivity contribution in [2.45, 2.75) is 70.9 Å². The van der Waals surface area contributed by atoms with Crippen LogP contribution in [0.3, 0.4) is 0 Å². The van der Waals surface area contributed by atoms with E-state index in [-0.39, 0.29) is 53.7 Å². The monoisotopic (exact) mass is 564 g/mol. The number of hydrogen-bond donors (Lipinski definition) is 2. The zero-order chi connectivity index (χ0) is 21.7. The summed E-state index contributed by atoms with van der Waals surface area (Å²) in [6.07, 6.45) is 4.46. The van der Waals surface area contributed by atoms with Crippen LogP contribution in [0.25, 0.3) is 0 Å². The smallest absolute Gasteiger partial charge is 0.225 e. The molecule has 0 spiro atoms. The predicted octanol–water partition coefficient (Wildman–Crippen LogP) is 4.94. The fraction of sp³-hybridized carbons (Fsp3) is 0.652. The second kappa shape index (κ2) is 12.2. The van der Waals surface area contributed by atoms with E-state index in [2.05, 4.69) is 29.5 Å². The highest BCUT2D eigenvalue weighted by Crippen LogP contribution is 2.44. The number of aliphatic imine (C=N–C) groups is 1. The van der Waals surface area contributed by atoms with E-state index in [1.807, 2.05) is 11.8 Å². The van der Waals surface area contributed by atoms with Crippen molar-refractivity contribution in [2.24, 2.45) is 10.9 Å². The minimum absolute atomic E-state index is 0. The number of nitrogens with zero attached hydrogens (tertiary/aromatic N) is 2. The number of piperidine rings is 1. The molecule has 0 radical (unpaired) electrons. The average Bonchev–Trinajstić information content (AvgIpc) is 3.48. The van der Waals surface area contributed by atoms with Crippen LogP contribution in [0.1, 0.15) is 64.4 Å². The summed E-state index contributed by atoms with van der Waals surface area (Å²) >= 11 is 6.22. The van der Waals surface area contributed by atoms with E-state index < -0.39 is 0 Å². The van der Waals surface area contributed by atoms with E-state index in [1.165, 1.54) is 6.07 Å². The molecule has 0 bridgehead atoms. The van der Waals surface area contributed by atoms with Crippen LogP contribution in [-0.2, 0) is 4.79 Å². The van der Waals surface area contributed by atoms with E-state index in [1.54, 1.807) is 12.1 Å². The summed E-state index contributed by atoms with van der Waals surface area (Å²) in [5.74, 6) is 1.03. The molecule has 1 amide bonds. The van der Waals surface area contributed by atoms with Crippen LogP contribution in [0, 0.1) is 11.7 Å². The Hall–Kier alpha value is -1.09. The Morgan fingerprint density at radius 2 is 1.90 bits per heavy atom. The molecule has 1 saturated heterocycles. The molecule has 5 nitrogen and oxygen atoms in total. The summed E-state index contributed by atoms with van der Waals surface area (Å²) in [6.45, 7) is 8.39. The quantitative estimate of drug-likeness (QED) is 0.280. The fourth-order valence-electron chi connectivity index (χ4n) is 4.34. The van der Waals surface area contributed by atoms with Crippen molar-refractivity contribution in [3.8, 4) is 0 Å². The van der Waals surface area contributed by atoms with Crippen molar-refractivity contribution < 1.29 is 9.18 Å². The molecule has 1 aliphatic heterocycles. The summed E-state index contributed by atoms with van der Waals surface area (Å²) in [6, 6.07) is 5.26. The third-order valence-electron chi connectivity index (χ3n) is 6.28. The summed E-state index contributed by atoms with van der Waals surface area (Å²) in [5.41, 5.74) is 0.598. The minimum atomic E-state index is -0.242. The van der Waals surface area contributed by atoms with E-state index >= 15 is 0 Å². The molecule has 1 saturated carbocycles. The molecule has 2 atom stereocenters. The van der Waals surface area contributed by atoms with Gasteiger partial charge in [0.1, 0.15) is 5.82 Å². The number of carbonyl (C=O) groups excluding carboxylic acids is 1. The highest BCUT2D eigenvalue weighted by atomic mass is 127. The molecular weight excluding hydrogens is 530 g/mol. The number of rotatable bonds is 7. The maximum atomic E-state index is 14.2. The molecule has 2 unspecified atom stereocenters. The average molecular weight is 565 g/mol. The molecule has 8 heteroatoms. The molecule has 1 heterocycles. The lowest BCUT2D eigenvalue weighted by atomic mass is 9.98. The van der Waals surface area contributed by atoms with Crippen LogP contribution in [0.2, 0.25) is 5.02 Å². The van der Waals surface area contributed by atoms with Gasteiger partial charge in [0, 0.05) is 54.1 Å². The second-order valence-corrected chi connectivity index (χ2v) is 8.72. The van der Waals surface area contributed by atoms with Crippen LogP contribution in [0.4, 0.5) is 4.39 Å². The number of amides is 1. The molecule has 1 aliphatic carbocycles. The lowest BCUT2D eigenvalue weighted by molar-refractivity contribution is -0.136. The third-order valence-corrected chi connectivity index (χ3v) is 6.61. The minimum Gasteiger partial charge on any atom is -0.354 e. The van der Waals surface area contributed by atoms with Gasteiger partial charge in [-0.05, 0) is 51.2 Å². The Morgan fingerprint density at radius 1 is 1.23 bits per heavy atom. The lowest BCUT2D eigenvalue weighted by Gasteiger charge is -2.35. The predicted molar refractivity (Wildman–Crippen MR) is 136 cm³/mol. The van der Waals surface area contributed by atoms with E-state index in [4.69, 9.17) is 11.6 Å². The van der Waals surface area contributed by atoms with Crippen molar-refractivity contribution in [2.75, 3.05) is 19.6 Å². The van der Waals surface area contributed by atoms with Crippen molar-refractivity contribution in [1.82, 2.24) is 15.5 Å². The first-order valence-electron chi connectivity index (χ1n) is 11.3. The van der Waals surface area contributed by atoms with Gasteiger partial charge in [-0.3, -0.25) is 9.79 Å². The maximum absolute atomic E-state index is 14.2. The van der Waals surface area contributed by atoms with Gasteiger partial charge in [0.15, 0.2) is 5.96 Å². The van der Waals surface area contributed by atoms with Gasteiger partial charge in [0.2, 0.25) is 5.91 Å². The molecule has 3 rings (SSSR count). The van der Waals surface area contributed by atoms with Gasteiger partial charge in [0.05, 0.1) is 0 Å². The zero-order valence-electron chi connectivity index (χ0n) is 18.7. The van der Waals surface area contributed by atoms with Crippen molar-refractivity contribution >= 4 is 47.4 Å². The molecule has 1 aromatic rings. The van der Waals surface area contributed by atoms with Gasteiger partial charge in [-0.1, -0.05) is 31.5 Å². The van der Waals surface area contributed by atoms with Crippen LogP contribution >= 0.6 is 35.6 Å². The molecule has 2 fully saturated rings. The molecular formula is C23H35ClFIN4O. The van der Waals surface area contributed by atoms with Crippen molar-refractivity contribution in [3.05, 3.63) is 34.6 Å². The second-order valence-electron chi connectivity index (χ2n) is 8.31. The summed E-state index contributed by atoms with van der Waals surface area (Å²) in [4.78, 5) is 19.2. The highest BCUT2D eigenvalue weighted by molar-refractivity contribution is 14.0. The first kappa shape index (κ1) is 26.2. The molecule has 174 valence electrons. The summed E-state index contributed by atoms with van der Waals surface area (Å²) in [7, 11) is 0. The number of hydrogen-bond acceptors (Lipinski definition) is 2. The van der Waals surface area contributed by atoms with Gasteiger partial charge < -0.3 is 15.5 Å². The zero-order valence-corrected chi connectivity index (χ0v) is 21.8. The van der Waals surface area contributed by atoms with E-state index in [9.17, 15) is 9.18 Å². The number of guanidine groups is 1. The molecule has 2 aliphatic rings. The van der Waals surface area contributed by atoms with E-state index in [0.29, 0.717) is 23.0 Å². The van der Waals surface area contributed by atoms with Gasteiger partial charge >= 0.3 is 0 Å². The first-order chi connectivity index (χ1) is 14.5. The molecule has 2 N–H and O–H groups in total. The molecule has 0 aromatic heterocycles. The maximum Gasteiger partial charge on any atom is 0.225 e. The van der Waals surface area contributed by atoms with Gasteiger partial charge in [0.25, 0.3) is 0 Å². The summed E-state index contributed by atoms with van der Waals surface area (Å²) < 4.78 is 14.2. The first-order valence-corrected chi connectivity index (χ1v) is 11.7. The summed E-state index contributed by atoms with van der Waals surface area (Å²) in [5, 5.41) is 7.45. The van der Waals surface area contributed by atoms with Gasteiger partial charge in [-0.25, -0.2) is 4.39 Å². The van der Waals surface area contributed by atoms with Crippen LogP contribution < -0.4 is 10.6 Å². The standard InChI is InChI=1S/C23H34ClFN4O.HI/c1-4-15(5-2)22(30)29-12-10-16(11-13-29)27-23(26-6-3)28-20-14-17(20)21-18(24)8-7-9-19(21)25;/h7-9,15-17,20H,4-6,10-14H2,1-3H3,(H2,26,27,28);1H. The van der Waals surface area contributed by atoms with Crippen molar-refractivity contribution in [3.63, 3.8) is 0 Å². The third kappa shape index (κ3) is 6.70. The number of benzene rings is 1. The SMILES string of the molecule is CCN=C(NC1CCN(C(=O)C(CC)CC)CC1)NC1CC1c1c(F)cccc1Cl.I. The van der Waals surface area contributed by atoms with Crippen LogP contribution in [0.5, 0.6) is 0 Å². The molecule has 31 heavy (non-hydrogen) atoms. The number of carbonyl (C=O) groups is 1. The Labute approximate surface area is 207 Å². The lowest BCUT2D eigenvalue weighted by Crippen LogP contribution is -2.51. The Morgan fingerprint density at radius 3 is 2.48 bits per heavy atom. The topological polar surface area (TPSA) is 56.7 Å². The largest absolute Gasteiger partial charge is 0.354 e. The number of halogens is 3. The van der Waals surface area contributed by atoms with Gasteiger partial charge in [-0.2, -0.15) is 0 Å². The number of likely N-dealkylation sites (tertiary alicyclic amines) is 1.